The highest BCUT2D eigenvalue weighted by molar-refractivity contribution is 5.27. The Bertz CT molecular complexity index is 444. The molecule has 0 saturated carbocycles. The van der Waals surface area contributed by atoms with E-state index in [2.05, 4.69) is 30.5 Å². The molecule has 0 unspecified atom stereocenters. The molecular weight excluding hydrogens is 220 g/mol. The first-order valence-corrected chi connectivity index (χ1v) is 5.42. The lowest BCUT2D eigenvalue weighted by molar-refractivity contribution is 0.305. The van der Waals surface area contributed by atoms with E-state index in [1.165, 1.54) is 6.33 Å². The van der Waals surface area contributed by atoms with Crippen molar-refractivity contribution in [3.8, 4) is 5.88 Å². The second-order valence-electron chi connectivity index (χ2n) is 3.35. The van der Waals surface area contributed by atoms with Crippen molar-refractivity contribution >= 4 is 5.95 Å². The van der Waals surface area contributed by atoms with Crippen molar-refractivity contribution in [1.29, 1.82) is 0 Å². The van der Waals surface area contributed by atoms with E-state index in [4.69, 9.17) is 4.74 Å². The van der Waals surface area contributed by atoms with Crippen LogP contribution >= 0.6 is 0 Å². The summed E-state index contributed by atoms with van der Waals surface area (Å²) in [5.74, 6) is 1.81. The molecule has 7 nitrogen and oxygen atoms in total. The Hall–Kier alpha value is -2.18. The molecule has 0 fully saturated rings. The van der Waals surface area contributed by atoms with Gasteiger partial charge >= 0.3 is 0 Å². The fourth-order valence-corrected chi connectivity index (χ4v) is 1.19. The predicted molar refractivity (Wildman–Crippen MR) is 61.5 cm³/mol. The van der Waals surface area contributed by atoms with Gasteiger partial charge in [-0.15, -0.1) is 0 Å². The van der Waals surface area contributed by atoms with Gasteiger partial charge in [-0.25, -0.2) is 9.97 Å². The molecule has 2 aromatic rings. The van der Waals surface area contributed by atoms with Crippen molar-refractivity contribution in [2.75, 3.05) is 11.9 Å². The zero-order chi connectivity index (χ0) is 11.9. The monoisotopic (exact) mass is 234 g/mol. The minimum absolute atomic E-state index is 0.497. The molecule has 2 aromatic heterocycles. The van der Waals surface area contributed by atoms with Crippen molar-refractivity contribution in [3.05, 3.63) is 24.4 Å². The van der Waals surface area contributed by atoms with E-state index in [1.807, 2.05) is 6.92 Å². The third-order valence-corrected chi connectivity index (χ3v) is 1.96. The number of aromatic nitrogens is 5. The van der Waals surface area contributed by atoms with Gasteiger partial charge in [0.1, 0.15) is 12.2 Å². The van der Waals surface area contributed by atoms with E-state index in [0.717, 1.165) is 12.2 Å². The van der Waals surface area contributed by atoms with Crippen LogP contribution in [0.3, 0.4) is 0 Å². The highest BCUT2D eigenvalue weighted by atomic mass is 16.5. The summed E-state index contributed by atoms with van der Waals surface area (Å²) in [5, 5.41) is 9.52. The Morgan fingerprint density at radius 2 is 2.35 bits per heavy atom. The van der Waals surface area contributed by atoms with Crippen molar-refractivity contribution in [2.24, 2.45) is 0 Å². The number of hydrogen-bond acceptors (Lipinski definition) is 6. The summed E-state index contributed by atoms with van der Waals surface area (Å²) in [4.78, 5) is 12.3. The molecule has 17 heavy (non-hydrogen) atoms. The third kappa shape index (κ3) is 3.40. The third-order valence-electron chi connectivity index (χ3n) is 1.96. The van der Waals surface area contributed by atoms with Crippen LogP contribution in [-0.4, -0.2) is 31.8 Å². The molecule has 2 heterocycles. The van der Waals surface area contributed by atoms with Crippen LogP contribution in [-0.2, 0) is 6.54 Å². The fourth-order valence-electron chi connectivity index (χ4n) is 1.19. The maximum absolute atomic E-state index is 5.41. The molecular formula is C10H14N6O. The minimum atomic E-state index is 0.497. The number of nitrogens with one attached hydrogen (secondary N) is 2. The van der Waals surface area contributed by atoms with Gasteiger partial charge < -0.3 is 10.1 Å². The molecule has 0 aliphatic rings. The van der Waals surface area contributed by atoms with Gasteiger partial charge in [-0.1, -0.05) is 6.92 Å². The van der Waals surface area contributed by atoms with Crippen LogP contribution in [0.15, 0.2) is 18.6 Å². The standard InChI is InChI=1S/C10H14N6O/c1-2-5-17-9-3-4-11-10(15-9)12-6-8-13-7-14-16-8/h3-4,7H,2,5-6H2,1H3,(H,11,12,15)(H,13,14,16). The molecule has 0 bridgehead atoms. The molecule has 0 spiro atoms. The van der Waals surface area contributed by atoms with Gasteiger partial charge in [0, 0.05) is 12.3 Å². The van der Waals surface area contributed by atoms with Gasteiger partial charge in [0.25, 0.3) is 0 Å². The molecule has 90 valence electrons. The SMILES string of the molecule is CCCOc1ccnc(NCc2ncn[nH]2)n1. The molecule has 0 aromatic carbocycles. The summed E-state index contributed by atoms with van der Waals surface area (Å²) in [6, 6.07) is 1.73. The van der Waals surface area contributed by atoms with Gasteiger partial charge in [0.2, 0.25) is 11.8 Å². The zero-order valence-corrected chi connectivity index (χ0v) is 9.55. The van der Waals surface area contributed by atoms with Crippen molar-refractivity contribution in [3.63, 3.8) is 0 Å². The Morgan fingerprint density at radius 3 is 3.12 bits per heavy atom. The fraction of sp³-hybridized carbons (Fsp3) is 0.400. The van der Waals surface area contributed by atoms with Crippen LogP contribution in [0.5, 0.6) is 5.88 Å². The molecule has 0 radical (unpaired) electrons. The number of aromatic amines is 1. The van der Waals surface area contributed by atoms with Gasteiger partial charge in [-0.3, -0.25) is 5.10 Å². The topological polar surface area (TPSA) is 88.6 Å². The Morgan fingerprint density at radius 1 is 1.41 bits per heavy atom. The number of nitrogens with zero attached hydrogens (tertiary/aromatic N) is 4. The maximum Gasteiger partial charge on any atom is 0.226 e. The summed E-state index contributed by atoms with van der Waals surface area (Å²) in [6.45, 7) is 3.19. The van der Waals surface area contributed by atoms with E-state index < -0.39 is 0 Å². The molecule has 2 N–H and O–H groups in total. The number of H-pyrrole nitrogens is 1. The molecule has 0 aliphatic carbocycles. The van der Waals surface area contributed by atoms with Crippen LogP contribution in [0.2, 0.25) is 0 Å². The smallest absolute Gasteiger partial charge is 0.226 e. The maximum atomic E-state index is 5.41. The van der Waals surface area contributed by atoms with Gasteiger partial charge in [-0.05, 0) is 6.42 Å². The van der Waals surface area contributed by atoms with Crippen LogP contribution in [0.25, 0.3) is 0 Å². The van der Waals surface area contributed by atoms with Gasteiger partial charge in [-0.2, -0.15) is 10.1 Å². The number of anilines is 1. The lowest BCUT2D eigenvalue weighted by Gasteiger charge is -2.05. The summed E-state index contributed by atoms with van der Waals surface area (Å²) >= 11 is 0. The minimum Gasteiger partial charge on any atom is -0.478 e. The highest BCUT2D eigenvalue weighted by Crippen LogP contribution is 2.08. The van der Waals surface area contributed by atoms with Crippen LogP contribution < -0.4 is 10.1 Å². The number of rotatable bonds is 6. The summed E-state index contributed by atoms with van der Waals surface area (Å²) in [5.41, 5.74) is 0. The Labute approximate surface area is 98.7 Å². The van der Waals surface area contributed by atoms with E-state index in [-0.39, 0.29) is 0 Å². The van der Waals surface area contributed by atoms with Crippen LogP contribution in [0.4, 0.5) is 5.95 Å². The molecule has 0 atom stereocenters. The average Bonchev–Trinajstić information content (AvgIpc) is 2.87. The summed E-state index contributed by atoms with van der Waals surface area (Å²) < 4.78 is 5.41. The average molecular weight is 234 g/mol. The molecule has 0 aliphatic heterocycles. The number of hydrogen-bond donors (Lipinski definition) is 2. The summed E-state index contributed by atoms with van der Waals surface area (Å²) in [6.07, 6.45) is 4.06. The first kappa shape index (κ1) is 11.3. The zero-order valence-electron chi connectivity index (χ0n) is 9.55. The lowest BCUT2D eigenvalue weighted by atomic mass is 10.5. The van der Waals surface area contributed by atoms with Crippen LogP contribution in [0.1, 0.15) is 19.2 Å². The second kappa shape index (κ2) is 5.78. The molecule has 7 heteroatoms. The van der Waals surface area contributed by atoms with Gasteiger partial charge in [0.15, 0.2) is 0 Å². The van der Waals surface area contributed by atoms with Gasteiger partial charge in [0.05, 0.1) is 13.2 Å². The summed E-state index contributed by atoms with van der Waals surface area (Å²) in [7, 11) is 0. The molecule has 0 saturated heterocycles. The van der Waals surface area contributed by atoms with E-state index in [0.29, 0.717) is 25.0 Å². The largest absolute Gasteiger partial charge is 0.478 e. The number of ether oxygens (including phenoxy) is 1. The van der Waals surface area contributed by atoms with Crippen molar-refractivity contribution < 1.29 is 4.74 Å². The van der Waals surface area contributed by atoms with E-state index in [1.54, 1.807) is 12.3 Å². The molecule has 2 rings (SSSR count). The predicted octanol–water partition coefficient (Wildman–Crippen LogP) is 0.996. The first-order chi connectivity index (χ1) is 8.38. The quantitative estimate of drug-likeness (QED) is 0.775. The Balaban J connectivity index is 1.91. The van der Waals surface area contributed by atoms with Crippen molar-refractivity contribution in [2.45, 2.75) is 19.9 Å². The van der Waals surface area contributed by atoms with Crippen LogP contribution in [0, 0.1) is 0 Å². The normalized spacial score (nSPS) is 10.2. The lowest BCUT2D eigenvalue weighted by Crippen LogP contribution is -2.06. The highest BCUT2D eigenvalue weighted by Gasteiger charge is 2.01. The first-order valence-electron chi connectivity index (χ1n) is 5.42. The van der Waals surface area contributed by atoms with Crippen molar-refractivity contribution in [1.82, 2.24) is 25.1 Å². The van der Waals surface area contributed by atoms with E-state index >= 15 is 0 Å². The Kier molecular flexibility index (Phi) is 3.85. The second-order valence-corrected chi connectivity index (χ2v) is 3.35. The molecule has 0 amide bonds. The van der Waals surface area contributed by atoms with E-state index in [9.17, 15) is 0 Å².